The van der Waals surface area contributed by atoms with Crippen LogP contribution in [0.5, 0.6) is 0 Å². The second-order valence-electron chi connectivity index (χ2n) is 9.72. The largest absolute Gasteiger partial charge is 0.335 e. The highest BCUT2D eigenvalue weighted by Gasteiger charge is 2.39. The summed E-state index contributed by atoms with van der Waals surface area (Å²) in [5, 5.41) is 7.30. The summed E-state index contributed by atoms with van der Waals surface area (Å²) in [5.74, 6) is 0.139. The first-order chi connectivity index (χ1) is 14.0. The van der Waals surface area contributed by atoms with Gasteiger partial charge in [-0.1, -0.05) is 26.7 Å². The van der Waals surface area contributed by atoms with Crippen molar-refractivity contribution in [2.24, 2.45) is 5.41 Å². The van der Waals surface area contributed by atoms with Gasteiger partial charge in [-0.3, -0.25) is 9.48 Å². The topological polar surface area (TPSA) is 41.4 Å². The number of thiophene rings is 1. The van der Waals surface area contributed by atoms with Crippen LogP contribution in [0, 0.1) is 5.41 Å². The number of hydrogen-bond acceptors (Lipinski definition) is 4. The lowest BCUT2D eigenvalue weighted by Gasteiger charge is -2.39. The predicted molar refractivity (Wildman–Crippen MR) is 118 cm³/mol. The van der Waals surface area contributed by atoms with Gasteiger partial charge in [-0.15, -0.1) is 11.3 Å². The van der Waals surface area contributed by atoms with E-state index in [2.05, 4.69) is 41.9 Å². The van der Waals surface area contributed by atoms with E-state index in [4.69, 9.17) is 5.10 Å². The lowest BCUT2D eigenvalue weighted by Crippen LogP contribution is -2.47. The van der Waals surface area contributed by atoms with Crippen LogP contribution in [0.15, 0.2) is 11.4 Å². The van der Waals surface area contributed by atoms with Crippen molar-refractivity contribution in [1.82, 2.24) is 19.6 Å². The van der Waals surface area contributed by atoms with Crippen molar-refractivity contribution in [2.75, 3.05) is 33.2 Å². The van der Waals surface area contributed by atoms with E-state index < -0.39 is 0 Å². The van der Waals surface area contributed by atoms with Gasteiger partial charge in [0.25, 0.3) is 5.91 Å². The average molecular weight is 413 g/mol. The number of carbonyl (C=O) groups excluding carboxylic acids is 1. The fraction of sp³-hybridized carbons (Fsp3) is 0.652. The molecule has 2 fully saturated rings. The van der Waals surface area contributed by atoms with Crippen LogP contribution in [0.4, 0.5) is 0 Å². The van der Waals surface area contributed by atoms with E-state index in [-0.39, 0.29) is 11.3 Å². The van der Waals surface area contributed by atoms with Crippen molar-refractivity contribution in [3.05, 3.63) is 27.6 Å². The highest BCUT2D eigenvalue weighted by atomic mass is 32.1. The molecule has 5 rings (SSSR count). The van der Waals surface area contributed by atoms with Crippen LogP contribution in [0.2, 0.25) is 0 Å². The van der Waals surface area contributed by atoms with Crippen LogP contribution in [0.3, 0.4) is 0 Å². The summed E-state index contributed by atoms with van der Waals surface area (Å²) in [4.78, 5) is 19.3. The van der Waals surface area contributed by atoms with Crippen molar-refractivity contribution >= 4 is 17.2 Å². The van der Waals surface area contributed by atoms with Gasteiger partial charge < -0.3 is 9.80 Å². The third-order valence-corrected chi connectivity index (χ3v) is 8.33. The maximum atomic E-state index is 13.5. The molecule has 5 nitrogen and oxygen atoms in total. The van der Waals surface area contributed by atoms with Gasteiger partial charge in [-0.05, 0) is 49.6 Å². The molecule has 6 heteroatoms. The van der Waals surface area contributed by atoms with Crippen molar-refractivity contribution in [2.45, 2.75) is 58.4 Å². The quantitative estimate of drug-likeness (QED) is 0.741. The van der Waals surface area contributed by atoms with Gasteiger partial charge in [0.2, 0.25) is 0 Å². The number of nitrogens with zero attached hydrogens (tertiary/aromatic N) is 4. The number of aromatic nitrogens is 2. The van der Waals surface area contributed by atoms with Crippen molar-refractivity contribution in [1.29, 1.82) is 0 Å². The normalized spacial score (nSPS) is 24.2. The Hall–Kier alpha value is -1.66. The van der Waals surface area contributed by atoms with E-state index in [0.717, 1.165) is 51.1 Å². The van der Waals surface area contributed by atoms with Gasteiger partial charge >= 0.3 is 0 Å². The standard InChI is InChI=1S/C23H32N4OS/c1-23(2)10-5-4-6-19(23)27-21-16-9-15-29-18(16)8-7-17(21)20(24-27)22(28)26-13-11-25(3)12-14-26/h9,15,19H,4-8,10-14H2,1-3H3. The lowest BCUT2D eigenvalue weighted by molar-refractivity contribution is 0.0653. The molecule has 2 aliphatic carbocycles. The number of likely N-dealkylation sites (N-methyl/N-ethyl adjacent to an activating group) is 1. The van der Waals surface area contributed by atoms with Crippen molar-refractivity contribution in [3.8, 4) is 11.3 Å². The molecule has 0 radical (unpaired) electrons. The Bertz CT molecular complexity index is 919. The van der Waals surface area contributed by atoms with Crippen LogP contribution >= 0.6 is 11.3 Å². The summed E-state index contributed by atoms with van der Waals surface area (Å²) < 4.78 is 2.28. The summed E-state index contributed by atoms with van der Waals surface area (Å²) in [5.41, 5.74) is 4.69. The van der Waals surface area contributed by atoms with Crippen LogP contribution in [0.25, 0.3) is 11.3 Å². The van der Waals surface area contributed by atoms with E-state index in [0.29, 0.717) is 6.04 Å². The van der Waals surface area contributed by atoms with Gasteiger partial charge in [-0.2, -0.15) is 5.10 Å². The minimum absolute atomic E-state index is 0.139. The zero-order valence-electron chi connectivity index (χ0n) is 17.9. The molecule has 0 bridgehead atoms. The van der Waals surface area contributed by atoms with Gasteiger partial charge in [0.15, 0.2) is 5.69 Å². The molecule has 2 aromatic heterocycles. The third-order valence-electron chi connectivity index (χ3n) is 7.35. The zero-order chi connectivity index (χ0) is 20.2. The molecule has 3 aliphatic rings. The Morgan fingerprint density at radius 1 is 1.17 bits per heavy atom. The molecule has 0 N–H and O–H groups in total. The molecule has 2 aromatic rings. The number of rotatable bonds is 2. The average Bonchev–Trinajstić information content (AvgIpc) is 3.32. The van der Waals surface area contributed by atoms with Crippen LogP contribution in [-0.4, -0.2) is 58.7 Å². The summed E-state index contributed by atoms with van der Waals surface area (Å²) >= 11 is 1.85. The summed E-state index contributed by atoms with van der Waals surface area (Å²) in [6.07, 6.45) is 6.89. The second-order valence-corrected chi connectivity index (χ2v) is 10.7. The fourth-order valence-corrected chi connectivity index (χ4v) is 6.34. The molecule has 3 heterocycles. The molecule has 1 unspecified atom stereocenters. The molecule has 29 heavy (non-hydrogen) atoms. The Balaban J connectivity index is 1.60. The van der Waals surface area contributed by atoms with Crippen molar-refractivity contribution < 1.29 is 4.79 Å². The number of amides is 1. The number of fused-ring (bicyclic) bond motifs is 3. The maximum absolute atomic E-state index is 13.5. The molecular weight excluding hydrogens is 380 g/mol. The first-order valence-corrected chi connectivity index (χ1v) is 12.0. The Labute approximate surface area is 177 Å². The number of hydrogen-bond donors (Lipinski definition) is 0. The summed E-state index contributed by atoms with van der Waals surface area (Å²) in [6, 6.07) is 2.61. The Kier molecular flexibility index (Phi) is 4.82. The molecule has 0 spiro atoms. The Morgan fingerprint density at radius 3 is 2.72 bits per heavy atom. The highest BCUT2D eigenvalue weighted by molar-refractivity contribution is 7.10. The SMILES string of the molecule is CN1CCN(C(=O)c2nn(C3CCCCC3(C)C)c3c2CCc2sccc2-3)CC1. The third kappa shape index (κ3) is 3.25. The molecule has 1 aliphatic heterocycles. The van der Waals surface area contributed by atoms with E-state index in [1.165, 1.54) is 41.0 Å². The summed E-state index contributed by atoms with van der Waals surface area (Å²) in [7, 11) is 2.13. The van der Waals surface area contributed by atoms with Crippen molar-refractivity contribution in [3.63, 3.8) is 0 Å². The van der Waals surface area contributed by atoms with E-state index in [1.54, 1.807) is 0 Å². The fourth-order valence-electron chi connectivity index (χ4n) is 5.46. The highest BCUT2D eigenvalue weighted by Crippen LogP contribution is 2.48. The Morgan fingerprint density at radius 2 is 1.97 bits per heavy atom. The van der Waals surface area contributed by atoms with Crippen LogP contribution in [-0.2, 0) is 12.8 Å². The van der Waals surface area contributed by atoms with E-state index >= 15 is 0 Å². The predicted octanol–water partition coefficient (Wildman–Crippen LogP) is 4.24. The minimum Gasteiger partial charge on any atom is -0.335 e. The molecule has 1 amide bonds. The zero-order valence-corrected chi connectivity index (χ0v) is 18.7. The maximum Gasteiger partial charge on any atom is 0.274 e. The molecule has 1 saturated carbocycles. The van der Waals surface area contributed by atoms with Gasteiger partial charge in [0.1, 0.15) is 0 Å². The monoisotopic (exact) mass is 412 g/mol. The minimum atomic E-state index is 0.139. The number of piperazine rings is 1. The number of carbonyl (C=O) groups is 1. The number of aryl methyl sites for hydroxylation is 1. The first kappa shape index (κ1) is 19.3. The molecule has 156 valence electrons. The van der Waals surface area contributed by atoms with E-state index in [9.17, 15) is 4.79 Å². The van der Waals surface area contributed by atoms with Crippen LogP contribution < -0.4 is 0 Å². The lowest BCUT2D eigenvalue weighted by atomic mass is 9.73. The van der Waals surface area contributed by atoms with Gasteiger partial charge in [0.05, 0.1) is 11.7 Å². The summed E-state index contributed by atoms with van der Waals surface area (Å²) in [6.45, 7) is 8.25. The first-order valence-electron chi connectivity index (χ1n) is 11.1. The van der Waals surface area contributed by atoms with Crippen LogP contribution in [0.1, 0.15) is 66.5 Å². The van der Waals surface area contributed by atoms with Gasteiger partial charge in [-0.25, -0.2) is 0 Å². The van der Waals surface area contributed by atoms with Gasteiger partial charge in [0, 0.05) is 42.2 Å². The second kappa shape index (κ2) is 7.24. The molecule has 0 aromatic carbocycles. The molecule has 1 atom stereocenters. The smallest absolute Gasteiger partial charge is 0.274 e. The van der Waals surface area contributed by atoms with E-state index in [1.807, 2.05) is 16.2 Å². The molecule has 1 saturated heterocycles. The molecular formula is C23H32N4OS.